The molecule has 2 amide bonds. The van der Waals surface area contributed by atoms with Crippen molar-refractivity contribution in [3.8, 4) is 0 Å². The molecule has 0 aromatic carbocycles. The Morgan fingerprint density at radius 1 is 1.40 bits per heavy atom. The molecule has 0 bridgehead atoms. The highest BCUT2D eigenvalue weighted by atomic mass is 16.4. The van der Waals surface area contributed by atoms with Crippen LogP contribution in [-0.2, 0) is 4.79 Å². The molecule has 1 aromatic heterocycles. The average molecular weight is 282 g/mol. The number of nitrogens with zero attached hydrogens (tertiary/aromatic N) is 1. The van der Waals surface area contributed by atoms with Crippen LogP contribution in [0.4, 0.5) is 0 Å². The van der Waals surface area contributed by atoms with Crippen LogP contribution in [-0.4, -0.2) is 45.9 Å². The van der Waals surface area contributed by atoms with E-state index < -0.39 is 17.9 Å². The average Bonchev–Trinajstić information content (AvgIpc) is 2.85. The molecule has 110 valence electrons. The number of carbonyl (C=O) groups excluding carboxylic acids is 2. The first-order valence-corrected chi connectivity index (χ1v) is 6.16. The molecule has 8 nitrogen and oxygen atoms in total. The summed E-state index contributed by atoms with van der Waals surface area (Å²) in [6.07, 6.45) is 1.56. The van der Waals surface area contributed by atoms with E-state index in [1.165, 1.54) is 7.05 Å². The van der Waals surface area contributed by atoms with Gasteiger partial charge in [-0.2, -0.15) is 0 Å². The molecule has 0 radical (unpaired) electrons. The molecule has 0 spiro atoms. The first-order chi connectivity index (χ1) is 9.36. The number of aromatic nitrogens is 2. The van der Waals surface area contributed by atoms with E-state index in [0.717, 1.165) is 6.33 Å². The molecular formula is C12H18N4O4. The van der Waals surface area contributed by atoms with Gasteiger partial charge in [0.25, 0.3) is 5.91 Å². The van der Waals surface area contributed by atoms with Crippen molar-refractivity contribution >= 4 is 17.8 Å². The second-order valence-electron chi connectivity index (χ2n) is 4.70. The molecule has 4 N–H and O–H groups in total. The zero-order valence-electron chi connectivity index (χ0n) is 11.6. The van der Waals surface area contributed by atoms with Crippen molar-refractivity contribution in [1.82, 2.24) is 20.6 Å². The molecule has 1 rings (SSSR count). The number of imidazole rings is 1. The molecule has 8 heteroatoms. The Hall–Kier alpha value is -2.38. The topological polar surface area (TPSA) is 124 Å². The molecule has 0 aliphatic carbocycles. The van der Waals surface area contributed by atoms with E-state index in [2.05, 4.69) is 20.6 Å². The zero-order chi connectivity index (χ0) is 15.3. The summed E-state index contributed by atoms with van der Waals surface area (Å²) in [6, 6.07) is -0.731. The van der Waals surface area contributed by atoms with Crippen molar-refractivity contribution in [2.24, 2.45) is 5.92 Å². The minimum Gasteiger partial charge on any atom is -0.477 e. The maximum Gasteiger partial charge on any atom is 0.354 e. The van der Waals surface area contributed by atoms with Gasteiger partial charge in [-0.1, -0.05) is 13.8 Å². The van der Waals surface area contributed by atoms with Crippen LogP contribution in [0.1, 0.15) is 41.2 Å². The van der Waals surface area contributed by atoms with Gasteiger partial charge < -0.3 is 20.7 Å². The van der Waals surface area contributed by atoms with E-state index in [-0.39, 0.29) is 23.2 Å². The SMILES string of the molecule is CNC(=O)C(CC(C)C)NC(=O)c1nc[nH]c1C(=O)O. The Morgan fingerprint density at radius 3 is 2.55 bits per heavy atom. The van der Waals surface area contributed by atoms with E-state index >= 15 is 0 Å². The number of nitrogens with one attached hydrogen (secondary N) is 3. The number of carbonyl (C=O) groups is 3. The standard InChI is InChI=1S/C12H18N4O4/c1-6(2)4-7(10(17)13-3)16-11(18)8-9(12(19)20)15-5-14-8/h5-7H,4H2,1-3H3,(H,13,17)(H,14,15)(H,16,18)(H,19,20). The minimum absolute atomic E-state index is 0.190. The summed E-state index contributed by atoms with van der Waals surface area (Å²) < 4.78 is 0. The smallest absolute Gasteiger partial charge is 0.354 e. The number of aromatic carboxylic acids is 1. The maximum absolute atomic E-state index is 12.0. The highest BCUT2D eigenvalue weighted by molar-refractivity contribution is 6.03. The van der Waals surface area contributed by atoms with Gasteiger partial charge in [0.2, 0.25) is 5.91 Å². The molecule has 0 aliphatic rings. The third-order valence-corrected chi connectivity index (χ3v) is 2.64. The first-order valence-electron chi connectivity index (χ1n) is 6.16. The van der Waals surface area contributed by atoms with Gasteiger partial charge in [0.05, 0.1) is 6.33 Å². The number of likely N-dealkylation sites (N-methyl/N-ethyl adjacent to an activating group) is 1. The largest absolute Gasteiger partial charge is 0.477 e. The van der Waals surface area contributed by atoms with Crippen molar-refractivity contribution in [3.05, 3.63) is 17.7 Å². The molecule has 1 unspecified atom stereocenters. The molecule has 0 fully saturated rings. The Morgan fingerprint density at radius 2 is 2.05 bits per heavy atom. The Kier molecular flexibility index (Phi) is 5.24. The van der Waals surface area contributed by atoms with Crippen molar-refractivity contribution in [1.29, 1.82) is 0 Å². The van der Waals surface area contributed by atoms with Crippen LogP contribution in [0.5, 0.6) is 0 Å². The number of aromatic amines is 1. The molecular weight excluding hydrogens is 264 g/mol. The van der Waals surface area contributed by atoms with Gasteiger partial charge in [0.1, 0.15) is 6.04 Å². The fourth-order valence-corrected chi connectivity index (χ4v) is 1.73. The predicted molar refractivity (Wildman–Crippen MR) is 70.3 cm³/mol. The number of H-pyrrole nitrogens is 1. The van der Waals surface area contributed by atoms with Crippen LogP contribution in [0.15, 0.2) is 6.33 Å². The fraction of sp³-hybridized carbons (Fsp3) is 0.500. The lowest BCUT2D eigenvalue weighted by molar-refractivity contribution is -0.122. The quantitative estimate of drug-likeness (QED) is 0.584. The Balaban J connectivity index is 2.87. The van der Waals surface area contributed by atoms with E-state index in [0.29, 0.717) is 6.42 Å². The molecule has 1 aromatic rings. The number of carboxylic acids is 1. The Bertz CT molecular complexity index is 509. The van der Waals surface area contributed by atoms with Crippen LogP contribution >= 0.6 is 0 Å². The normalized spacial score (nSPS) is 12.0. The van der Waals surface area contributed by atoms with Crippen LogP contribution in [0, 0.1) is 5.92 Å². The molecule has 0 aliphatic heterocycles. The van der Waals surface area contributed by atoms with Crippen LogP contribution in [0.25, 0.3) is 0 Å². The van der Waals surface area contributed by atoms with Crippen molar-refractivity contribution in [3.63, 3.8) is 0 Å². The van der Waals surface area contributed by atoms with Gasteiger partial charge in [-0.25, -0.2) is 9.78 Å². The number of amides is 2. The maximum atomic E-state index is 12.0. The monoisotopic (exact) mass is 282 g/mol. The molecule has 20 heavy (non-hydrogen) atoms. The van der Waals surface area contributed by atoms with Crippen LogP contribution < -0.4 is 10.6 Å². The summed E-state index contributed by atoms with van der Waals surface area (Å²) in [5, 5.41) is 13.9. The summed E-state index contributed by atoms with van der Waals surface area (Å²) in [4.78, 5) is 40.7. The second kappa shape index (κ2) is 6.69. The predicted octanol–water partition coefficient (Wildman–Crippen LogP) is -0.00160. The van der Waals surface area contributed by atoms with E-state index in [1.807, 2.05) is 13.8 Å². The summed E-state index contributed by atoms with van der Waals surface area (Å²) in [6.45, 7) is 3.83. The van der Waals surface area contributed by atoms with Crippen LogP contribution in [0.2, 0.25) is 0 Å². The number of hydrogen-bond donors (Lipinski definition) is 4. The number of hydrogen-bond acceptors (Lipinski definition) is 4. The Labute approximate surface area is 116 Å². The van der Waals surface area contributed by atoms with Gasteiger partial charge in [-0.15, -0.1) is 0 Å². The second-order valence-corrected chi connectivity index (χ2v) is 4.70. The van der Waals surface area contributed by atoms with Gasteiger partial charge in [0.15, 0.2) is 11.4 Å². The lowest BCUT2D eigenvalue weighted by Gasteiger charge is -2.18. The lowest BCUT2D eigenvalue weighted by Crippen LogP contribution is -2.46. The van der Waals surface area contributed by atoms with Crippen molar-refractivity contribution in [2.45, 2.75) is 26.3 Å². The van der Waals surface area contributed by atoms with E-state index in [9.17, 15) is 14.4 Å². The lowest BCUT2D eigenvalue weighted by atomic mass is 10.0. The van der Waals surface area contributed by atoms with Crippen LogP contribution in [0.3, 0.4) is 0 Å². The molecule has 0 saturated carbocycles. The summed E-state index contributed by atoms with van der Waals surface area (Å²) in [5.41, 5.74) is -0.544. The number of carboxylic acid groups (broad SMARTS) is 1. The highest BCUT2D eigenvalue weighted by Gasteiger charge is 2.25. The third-order valence-electron chi connectivity index (χ3n) is 2.64. The van der Waals surface area contributed by atoms with E-state index in [4.69, 9.17) is 5.11 Å². The van der Waals surface area contributed by atoms with Gasteiger partial charge >= 0.3 is 5.97 Å². The highest BCUT2D eigenvalue weighted by Crippen LogP contribution is 2.08. The van der Waals surface area contributed by atoms with Gasteiger partial charge in [-0.05, 0) is 12.3 Å². The van der Waals surface area contributed by atoms with Gasteiger partial charge in [0, 0.05) is 7.05 Å². The van der Waals surface area contributed by atoms with E-state index in [1.54, 1.807) is 0 Å². The summed E-state index contributed by atoms with van der Waals surface area (Å²) in [7, 11) is 1.47. The fourth-order valence-electron chi connectivity index (χ4n) is 1.73. The molecule has 1 atom stereocenters. The minimum atomic E-state index is -1.28. The van der Waals surface area contributed by atoms with Crippen molar-refractivity contribution in [2.75, 3.05) is 7.05 Å². The molecule has 0 saturated heterocycles. The zero-order valence-corrected chi connectivity index (χ0v) is 11.6. The first kappa shape index (κ1) is 15.7. The molecule has 1 heterocycles. The number of rotatable bonds is 6. The summed E-state index contributed by atoms with van der Waals surface area (Å²) in [5.74, 6) is -2.12. The summed E-state index contributed by atoms with van der Waals surface area (Å²) >= 11 is 0. The van der Waals surface area contributed by atoms with Crippen molar-refractivity contribution < 1.29 is 19.5 Å². The van der Waals surface area contributed by atoms with Gasteiger partial charge in [-0.3, -0.25) is 9.59 Å². The third kappa shape index (κ3) is 3.81.